The monoisotopic (exact) mass is 316 g/mol. The lowest BCUT2D eigenvalue weighted by Crippen LogP contribution is -2.16. The molecule has 0 atom stereocenters. The summed E-state index contributed by atoms with van der Waals surface area (Å²) < 4.78 is 0. The van der Waals surface area contributed by atoms with Crippen LogP contribution < -0.4 is 10.6 Å². The summed E-state index contributed by atoms with van der Waals surface area (Å²) in [6.07, 6.45) is 0.411. The van der Waals surface area contributed by atoms with Gasteiger partial charge in [0.05, 0.1) is 0 Å². The zero-order valence-electron chi connectivity index (χ0n) is 12.9. The molecule has 0 aliphatic rings. The van der Waals surface area contributed by atoms with Gasteiger partial charge in [0.25, 0.3) is 0 Å². The summed E-state index contributed by atoms with van der Waals surface area (Å²) in [7, 11) is 0. The van der Waals surface area contributed by atoms with Crippen LogP contribution in [0.15, 0.2) is 48.5 Å². The SMILES string of the molecule is CC(C)c1ccc(NCCC(=O)Nc2ccc(Cl)cc2)cc1. The number of hydrogen-bond donors (Lipinski definition) is 2. The predicted molar refractivity (Wildman–Crippen MR) is 93.7 cm³/mol. The second-order valence-electron chi connectivity index (χ2n) is 5.51. The van der Waals surface area contributed by atoms with Gasteiger partial charge in [-0.3, -0.25) is 4.79 Å². The normalized spacial score (nSPS) is 10.5. The van der Waals surface area contributed by atoms with E-state index in [4.69, 9.17) is 11.6 Å². The first-order valence-corrected chi connectivity index (χ1v) is 7.81. The van der Waals surface area contributed by atoms with Crippen molar-refractivity contribution in [3.05, 3.63) is 59.1 Å². The molecule has 0 aromatic heterocycles. The molecule has 0 saturated heterocycles. The summed E-state index contributed by atoms with van der Waals surface area (Å²) in [6.45, 7) is 4.94. The van der Waals surface area contributed by atoms with Crippen molar-refractivity contribution in [2.75, 3.05) is 17.2 Å². The van der Waals surface area contributed by atoms with Crippen molar-refractivity contribution in [1.29, 1.82) is 0 Å². The second kappa shape index (κ2) is 7.85. The van der Waals surface area contributed by atoms with Crippen molar-refractivity contribution in [3.8, 4) is 0 Å². The van der Waals surface area contributed by atoms with Gasteiger partial charge in [-0.2, -0.15) is 0 Å². The Balaban J connectivity index is 1.75. The molecule has 3 nitrogen and oxygen atoms in total. The van der Waals surface area contributed by atoms with E-state index in [1.54, 1.807) is 24.3 Å². The maximum absolute atomic E-state index is 11.8. The van der Waals surface area contributed by atoms with Crippen LogP contribution in [-0.2, 0) is 4.79 Å². The van der Waals surface area contributed by atoms with Crippen LogP contribution in [0.4, 0.5) is 11.4 Å². The molecule has 2 N–H and O–H groups in total. The average molecular weight is 317 g/mol. The van der Waals surface area contributed by atoms with Crippen LogP contribution in [0.3, 0.4) is 0 Å². The van der Waals surface area contributed by atoms with Gasteiger partial charge in [-0.25, -0.2) is 0 Å². The Labute approximate surface area is 136 Å². The number of halogens is 1. The van der Waals surface area contributed by atoms with Crippen LogP contribution in [0.25, 0.3) is 0 Å². The van der Waals surface area contributed by atoms with Crippen LogP contribution in [-0.4, -0.2) is 12.5 Å². The molecule has 4 heteroatoms. The first-order valence-electron chi connectivity index (χ1n) is 7.44. The lowest BCUT2D eigenvalue weighted by Gasteiger charge is -2.09. The Bertz CT molecular complexity index is 606. The van der Waals surface area contributed by atoms with Crippen LogP contribution in [0.2, 0.25) is 5.02 Å². The van der Waals surface area contributed by atoms with E-state index in [1.807, 2.05) is 12.1 Å². The summed E-state index contributed by atoms with van der Waals surface area (Å²) in [6, 6.07) is 15.4. The quantitative estimate of drug-likeness (QED) is 0.795. The van der Waals surface area contributed by atoms with E-state index in [9.17, 15) is 4.79 Å². The zero-order chi connectivity index (χ0) is 15.9. The number of carbonyl (C=O) groups is 1. The number of anilines is 2. The Hall–Kier alpha value is -2.00. The van der Waals surface area contributed by atoms with E-state index < -0.39 is 0 Å². The highest BCUT2D eigenvalue weighted by Crippen LogP contribution is 2.17. The third-order valence-electron chi connectivity index (χ3n) is 3.39. The van der Waals surface area contributed by atoms with Crippen LogP contribution >= 0.6 is 11.6 Å². The minimum absolute atomic E-state index is 0.0198. The molecule has 0 bridgehead atoms. The average Bonchev–Trinajstić information content (AvgIpc) is 2.50. The van der Waals surface area contributed by atoms with Crippen molar-refractivity contribution in [2.24, 2.45) is 0 Å². The van der Waals surface area contributed by atoms with Gasteiger partial charge >= 0.3 is 0 Å². The van der Waals surface area contributed by atoms with Crippen molar-refractivity contribution in [3.63, 3.8) is 0 Å². The first kappa shape index (κ1) is 16.4. The Morgan fingerprint density at radius 3 is 2.18 bits per heavy atom. The third kappa shape index (κ3) is 5.08. The highest BCUT2D eigenvalue weighted by molar-refractivity contribution is 6.30. The molecule has 2 aromatic carbocycles. The fraction of sp³-hybridized carbons (Fsp3) is 0.278. The van der Waals surface area contributed by atoms with Gasteiger partial charge < -0.3 is 10.6 Å². The molecule has 0 aliphatic heterocycles. The maximum atomic E-state index is 11.8. The van der Waals surface area contributed by atoms with Crippen molar-refractivity contribution in [1.82, 2.24) is 0 Å². The predicted octanol–water partition coefficient (Wildman–Crippen LogP) is 4.90. The topological polar surface area (TPSA) is 41.1 Å². The van der Waals surface area contributed by atoms with Crippen LogP contribution in [0.5, 0.6) is 0 Å². The van der Waals surface area contributed by atoms with Crippen molar-refractivity contribution >= 4 is 28.9 Å². The molecule has 1 amide bonds. The van der Waals surface area contributed by atoms with Gasteiger partial charge in [-0.15, -0.1) is 0 Å². The smallest absolute Gasteiger partial charge is 0.226 e. The minimum atomic E-state index is -0.0198. The highest BCUT2D eigenvalue weighted by Gasteiger charge is 2.03. The molecule has 0 heterocycles. The van der Waals surface area contributed by atoms with E-state index in [0.717, 1.165) is 11.4 Å². The molecule has 22 heavy (non-hydrogen) atoms. The lowest BCUT2D eigenvalue weighted by atomic mass is 10.0. The van der Waals surface area contributed by atoms with Crippen LogP contribution in [0, 0.1) is 0 Å². The van der Waals surface area contributed by atoms with Crippen molar-refractivity contribution < 1.29 is 4.79 Å². The molecular weight excluding hydrogens is 296 g/mol. The molecule has 0 spiro atoms. The van der Waals surface area contributed by atoms with Gasteiger partial charge in [0.1, 0.15) is 0 Å². The van der Waals surface area contributed by atoms with E-state index in [0.29, 0.717) is 23.9 Å². The Morgan fingerprint density at radius 2 is 1.59 bits per heavy atom. The van der Waals surface area contributed by atoms with E-state index >= 15 is 0 Å². The van der Waals surface area contributed by atoms with Gasteiger partial charge in [-0.1, -0.05) is 37.6 Å². The number of carbonyl (C=O) groups excluding carboxylic acids is 1. The summed E-state index contributed by atoms with van der Waals surface area (Å²) in [5, 5.41) is 6.75. The van der Waals surface area contributed by atoms with Gasteiger partial charge in [-0.05, 0) is 47.9 Å². The number of hydrogen-bond acceptors (Lipinski definition) is 2. The zero-order valence-corrected chi connectivity index (χ0v) is 13.7. The molecule has 116 valence electrons. The summed E-state index contributed by atoms with van der Waals surface area (Å²) in [5.74, 6) is 0.507. The van der Waals surface area contributed by atoms with E-state index in [2.05, 4.69) is 36.6 Å². The molecule has 2 aromatic rings. The summed E-state index contributed by atoms with van der Waals surface area (Å²) in [5.41, 5.74) is 3.10. The molecule has 0 aliphatic carbocycles. The standard InChI is InChI=1S/C18H21ClN2O/c1-13(2)14-3-7-16(8-4-14)20-12-11-18(22)21-17-9-5-15(19)6-10-17/h3-10,13,20H,11-12H2,1-2H3,(H,21,22). The maximum Gasteiger partial charge on any atom is 0.226 e. The van der Waals surface area contributed by atoms with Gasteiger partial charge in [0.2, 0.25) is 5.91 Å². The fourth-order valence-corrected chi connectivity index (χ4v) is 2.19. The molecule has 0 radical (unpaired) electrons. The molecule has 0 unspecified atom stereocenters. The summed E-state index contributed by atoms with van der Waals surface area (Å²) in [4.78, 5) is 11.8. The van der Waals surface area contributed by atoms with Crippen molar-refractivity contribution in [2.45, 2.75) is 26.2 Å². The number of nitrogens with one attached hydrogen (secondary N) is 2. The van der Waals surface area contributed by atoms with Gasteiger partial charge in [0, 0.05) is 29.4 Å². The molecule has 0 saturated carbocycles. The number of amides is 1. The lowest BCUT2D eigenvalue weighted by molar-refractivity contribution is -0.115. The Morgan fingerprint density at radius 1 is 1.00 bits per heavy atom. The highest BCUT2D eigenvalue weighted by atomic mass is 35.5. The number of rotatable bonds is 6. The third-order valence-corrected chi connectivity index (χ3v) is 3.64. The molecule has 2 rings (SSSR count). The number of benzene rings is 2. The largest absolute Gasteiger partial charge is 0.385 e. The van der Waals surface area contributed by atoms with Crippen LogP contribution in [0.1, 0.15) is 31.7 Å². The van der Waals surface area contributed by atoms with E-state index in [1.165, 1.54) is 5.56 Å². The fourth-order valence-electron chi connectivity index (χ4n) is 2.06. The summed E-state index contributed by atoms with van der Waals surface area (Å²) >= 11 is 5.81. The van der Waals surface area contributed by atoms with E-state index in [-0.39, 0.29) is 5.91 Å². The van der Waals surface area contributed by atoms with Gasteiger partial charge in [0.15, 0.2) is 0 Å². The first-order chi connectivity index (χ1) is 10.5. The molecule has 0 fully saturated rings. The Kier molecular flexibility index (Phi) is 5.84. The minimum Gasteiger partial charge on any atom is -0.385 e. The molecular formula is C18H21ClN2O. The second-order valence-corrected chi connectivity index (χ2v) is 5.94.